The van der Waals surface area contributed by atoms with Crippen molar-refractivity contribution in [3.63, 3.8) is 0 Å². The third-order valence-corrected chi connectivity index (χ3v) is 4.94. The molecule has 0 saturated carbocycles. The van der Waals surface area contributed by atoms with Gasteiger partial charge in [0.2, 0.25) is 6.79 Å². The van der Waals surface area contributed by atoms with E-state index in [-0.39, 0.29) is 6.79 Å². The second-order valence-electron chi connectivity index (χ2n) is 6.73. The Morgan fingerprint density at radius 3 is 2.76 bits per heavy atom. The number of fused-ring (bicyclic) bond motifs is 2. The van der Waals surface area contributed by atoms with Gasteiger partial charge in [0.1, 0.15) is 17.9 Å². The van der Waals surface area contributed by atoms with Crippen molar-refractivity contribution in [2.24, 2.45) is 0 Å². The number of hydrogen-bond acceptors (Lipinski definition) is 6. The summed E-state index contributed by atoms with van der Waals surface area (Å²) >= 11 is 0. The number of nitrogens with zero attached hydrogens (tertiary/aromatic N) is 2. The molecule has 0 fully saturated rings. The Hall–Kier alpha value is -3.80. The van der Waals surface area contributed by atoms with Crippen LogP contribution in [0.1, 0.15) is 5.56 Å². The first-order valence-electron chi connectivity index (χ1n) is 9.32. The van der Waals surface area contributed by atoms with Gasteiger partial charge in [0.25, 0.3) is 0 Å². The maximum absolute atomic E-state index is 5.46. The summed E-state index contributed by atoms with van der Waals surface area (Å²) in [4.78, 5) is 8.86. The smallest absolute Gasteiger partial charge is 0.231 e. The van der Waals surface area contributed by atoms with E-state index in [9.17, 15) is 0 Å². The van der Waals surface area contributed by atoms with Crippen LogP contribution in [0.5, 0.6) is 17.2 Å². The van der Waals surface area contributed by atoms with Crippen molar-refractivity contribution in [2.75, 3.05) is 19.2 Å². The molecular formula is C23H19N3O3. The SMILES string of the molecule is COc1cccc(-c2ccc3ncnc(NCc4ccc5c(c4)OCO5)c3c2)c1. The molecule has 29 heavy (non-hydrogen) atoms. The zero-order chi connectivity index (χ0) is 19.6. The highest BCUT2D eigenvalue weighted by atomic mass is 16.7. The number of hydrogen-bond donors (Lipinski definition) is 1. The zero-order valence-corrected chi connectivity index (χ0v) is 15.9. The van der Waals surface area contributed by atoms with E-state index in [0.717, 1.165) is 50.7 Å². The van der Waals surface area contributed by atoms with Crippen LogP contribution in [0.2, 0.25) is 0 Å². The summed E-state index contributed by atoms with van der Waals surface area (Å²) in [5.74, 6) is 3.17. The molecule has 0 bridgehead atoms. The molecule has 1 aliphatic heterocycles. The van der Waals surface area contributed by atoms with E-state index in [0.29, 0.717) is 6.54 Å². The Labute approximate surface area is 168 Å². The average molecular weight is 385 g/mol. The predicted octanol–water partition coefficient (Wildman–Crippen LogP) is 4.65. The monoisotopic (exact) mass is 385 g/mol. The molecular weight excluding hydrogens is 366 g/mol. The number of nitrogens with one attached hydrogen (secondary N) is 1. The van der Waals surface area contributed by atoms with E-state index in [4.69, 9.17) is 14.2 Å². The fourth-order valence-electron chi connectivity index (χ4n) is 3.42. The van der Waals surface area contributed by atoms with E-state index in [1.54, 1.807) is 13.4 Å². The van der Waals surface area contributed by atoms with Crippen LogP contribution >= 0.6 is 0 Å². The lowest BCUT2D eigenvalue weighted by molar-refractivity contribution is 0.174. The van der Waals surface area contributed by atoms with Crippen LogP contribution in [0.25, 0.3) is 22.0 Å². The lowest BCUT2D eigenvalue weighted by Gasteiger charge is -2.11. The molecule has 6 heteroatoms. The highest BCUT2D eigenvalue weighted by Crippen LogP contribution is 2.33. The predicted molar refractivity (Wildman–Crippen MR) is 111 cm³/mol. The summed E-state index contributed by atoms with van der Waals surface area (Å²) in [6, 6.07) is 20.1. The molecule has 6 nitrogen and oxygen atoms in total. The molecule has 0 radical (unpaired) electrons. The van der Waals surface area contributed by atoms with E-state index < -0.39 is 0 Å². The molecule has 1 aliphatic rings. The number of ether oxygens (including phenoxy) is 3. The molecule has 3 aromatic carbocycles. The molecule has 0 unspecified atom stereocenters. The molecule has 1 N–H and O–H groups in total. The first kappa shape index (κ1) is 17.3. The fourth-order valence-corrected chi connectivity index (χ4v) is 3.42. The molecule has 0 atom stereocenters. The largest absolute Gasteiger partial charge is 0.497 e. The Balaban J connectivity index is 1.45. The lowest BCUT2D eigenvalue weighted by Crippen LogP contribution is -2.02. The summed E-state index contributed by atoms with van der Waals surface area (Å²) in [5, 5.41) is 4.39. The van der Waals surface area contributed by atoms with Crippen LogP contribution in [-0.2, 0) is 6.54 Å². The maximum Gasteiger partial charge on any atom is 0.231 e. The molecule has 0 spiro atoms. The molecule has 2 heterocycles. The van der Waals surface area contributed by atoms with Gasteiger partial charge in [-0.3, -0.25) is 0 Å². The van der Waals surface area contributed by atoms with E-state index >= 15 is 0 Å². The first-order valence-corrected chi connectivity index (χ1v) is 9.32. The highest BCUT2D eigenvalue weighted by Gasteiger charge is 2.13. The van der Waals surface area contributed by atoms with Gasteiger partial charge >= 0.3 is 0 Å². The summed E-state index contributed by atoms with van der Waals surface area (Å²) in [6.07, 6.45) is 1.58. The van der Waals surface area contributed by atoms with E-state index in [2.05, 4.69) is 33.5 Å². The number of rotatable bonds is 5. The quantitative estimate of drug-likeness (QED) is 0.540. The van der Waals surface area contributed by atoms with Crippen molar-refractivity contribution in [3.05, 3.63) is 72.6 Å². The van der Waals surface area contributed by atoms with Crippen LogP contribution in [0.3, 0.4) is 0 Å². The molecule has 5 rings (SSSR count). The van der Waals surface area contributed by atoms with Gasteiger partial charge in [-0.2, -0.15) is 0 Å². The summed E-state index contributed by atoms with van der Waals surface area (Å²) in [7, 11) is 1.67. The van der Waals surface area contributed by atoms with Crippen LogP contribution in [0.4, 0.5) is 5.82 Å². The van der Waals surface area contributed by atoms with Gasteiger partial charge in [-0.15, -0.1) is 0 Å². The van der Waals surface area contributed by atoms with Crippen LogP contribution in [-0.4, -0.2) is 23.9 Å². The van der Waals surface area contributed by atoms with Gasteiger partial charge in [0.05, 0.1) is 12.6 Å². The van der Waals surface area contributed by atoms with Crippen molar-refractivity contribution in [1.29, 1.82) is 0 Å². The Bertz CT molecular complexity index is 1190. The topological polar surface area (TPSA) is 65.5 Å². The molecule has 144 valence electrons. The number of anilines is 1. The van der Waals surface area contributed by atoms with Crippen LogP contribution < -0.4 is 19.5 Å². The third kappa shape index (κ3) is 3.40. The van der Waals surface area contributed by atoms with Crippen molar-refractivity contribution in [2.45, 2.75) is 6.54 Å². The summed E-state index contributed by atoms with van der Waals surface area (Å²) in [5.41, 5.74) is 4.14. The second-order valence-corrected chi connectivity index (χ2v) is 6.73. The minimum atomic E-state index is 0.274. The van der Waals surface area contributed by atoms with Crippen molar-refractivity contribution in [3.8, 4) is 28.4 Å². The van der Waals surface area contributed by atoms with Crippen molar-refractivity contribution < 1.29 is 14.2 Å². The van der Waals surface area contributed by atoms with E-state index in [1.807, 2.05) is 42.5 Å². The summed E-state index contributed by atoms with van der Waals surface area (Å²) in [6.45, 7) is 0.891. The fraction of sp³-hybridized carbons (Fsp3) is 0.130. The van der Waals surface area contributed by atoms with Gasteiger partial charge < -0.3 is 19.5 Å². The van der Waals surface area contributed by atoms with Gasteiger partial charge in [-0.05, 0) is 53.1 Å². The Kier molecular flexibility index (Phi) is 4.37. The molecule has 4 aromatic rings. The molecule has 0 saturated heterocycles. The third-order valence-electron chi connectivity index (χ3n) is 4.94. The van der Waals surface area contributed by atoms with Gasteiger partial charge in [0, 0.05) is 11.9 Å². The minimum absolute atomic E-state index is 0.274. The Morgan fingerprint density at radius 2 is 1.83 bits per heavy atom. The van der Waals surface area contributed by atoms with Gasteiger partial charge in [-0.1, -0.05) is 24.3 Å². The highest BCUT2D eigenvalue weighted by molar-refractivity contribution is 5.92. The first-order chi connectivity index (χ1) is 14.3. The lowest BCUT2D eigenvalue weighted by atomic mass is 10.0. The van der Waals surface area contributed by atoms with Gasteiger partial charge in [-0.25, -0.2) is 9.97 Å². The number of benzene rings is 3. The minimum Gasteiger partial charge on any atom is -0.497 e. The zero-order valence-electron chi connectivity index (χ0n) is 15.9. The van der Waals surface area contributed by atoms with Gasteiger partial charge in [0.15, 0.2) is 11.5 Å². The molecule has 1 aromatic heterocycles. The standard InChI is InChI=1S/C23H19N3O3/c1-27-18-4-2-3-16(10-18)17-6-7-20-19(11-17)23(26-13-25-20)24-12-15-5-8-21-22(9-15)29-14-28-21/h2-11,13H,12,14H2,1H3,(H,24,25,26). The van der Waals surface area contributed by atoms with Crippen LogP contribution in [0.15, 0.2) is 67.0 Å². The Morgan fingerprint density at radius 1 is 0.931 bits per heavy atom. The second kappa shape index (κ2) is 7.31. The number of methoxy groups -OCH3 is 1. The maximum atomic E-state index is 5.46. The van der Waals surface area contributed by atoms with E-state index in [1.165, 1.54) is 0 Å². The summed E-state index contributed by atoms with van der Waals surface area (Å²) < 4.78 is 16.2. The average Bonchev–Trinajstić information content (AvgIpc) is 3.25. The number of aromatic nitrogens is 2. The van der Waals surface area contributed by atoms with Crippen molar-refractivity contribution in [1.82, 2.24) is 9.97 Å². The molecule has 0 aliphatic carbocycles. The normalized spacial score (nSPS) is 12.2. The molecule has 0 amide bonds. The van der Waals surface area contributed by atoms with Crippen LogP contribution in [0, 0.1) is 0 Å². The van der Waals surface area contributed by atoms with Crippen molar-refractivity contribution >= 4 is 16.7 Å².